The number of piperidine rings is 2. The molecule has 116 valence electrons. The SMILES string of the molecule is CC(C)(C)N1CCC2(CCN(c3cccnc3)CC2)CC1. The molecule has 0 N–H and O–H groups in total. The number of nitrogens with zero attached hydrogens (tertiary/aromatic N) is 3. The highest BCUT2D eigenvalue weighted by Gasteiger charge is 2.39. The van der Waals surface area contributed by atoms with Gasteiger partial charge in [-0.05, 0) is 77.1 Å². The summed E-state index contributed by atoms with van der Waals surface area (Å²) in [4.78, 5) is 9.42. The van der Waals surface area contributed by atoms with Gasteiger partial charge in [-0.2, -0.15) is 0 Å². The summed E-state index contributed by atoms with van der Waals surface area (Å²) in [6.07, 6.45) is 9.31. The normalized spacial score (nSPS) is 23.5. The van der Waals surface area contributed by atoms with E-state index in [2.05, 4.69) is 41.6 Å². The van der Waals surface area contributed by atoms with Gasteiger partial charge in [0.2, 0.25) is 0 Å². The molecule has 1 aromatic heterocycles. The Labute approximate surface area is 129 Å². The van der Waals surface area contributed by atoms with Gasteiger partial charge in [-0.15, -0.1) is 0 Å². The zero-order valence-corrected chi connectivity index (χ0v) is 13.8. The fourth-order valence-corrected chi connectivity index (χ4v) is 3.93. The lowest BCUT2D eigenvalue weighted by Gasteiger charge is -2.50. The predicted molar refractivity (Wildman–Crippen MR) is 88.7 cm³/mol. The number of pyridine rings is 1. The average molecular weight is 287 g/mol. The van der Waals surface area contributed by atoms with Crippen LogP contribution in [0.4, 0.5) is 5.69 Å². The van der Waals surface area contributed by atoms with Gasteiger partial charge in [0.25, 0.3) is 0 Å². The Hall–Kier alpha value is -1.09. The molecule has 1 spiro atoms. The highest BCUT2D eigenvalue weighted by atomic mass is 15.2. The Morgan fingerprint density at radius 1 is 1.00 bits per heavy atom. The first kappa shape index (κ1) is 14.8. The molecule has 0 saturated carbocycles. The van der Waals surface area contributed by atoms with Crippen molar-refractivity contribution in [2.24, 2.45) is 5.41 Å². The van der Waals surface area contributed by atoms with Crippen LogP contribution in [0.25, 0.3) is 0 Å². The number of anilines is 1. The lowest BCUT2D eigenvalue weighted by Crippen LogP contribution is -2.51. The lowest BCUT2D eigenvalue weighted by molar-refractivity contribution is 0.0294. The van der Waals surface area contributed by atoms with Crippen LogP contribution in [0, 0.1) is 5.41 Å². The zero-order chi connectivity index (χ0) is 14.9. The second kappa shape index (κ2) is 5.60. The van der Waals surface area contributed by atoms with Crippen LogP contribution in [-0.2, 0) is 0 Å². The minimum atomic E-state index is 0.331. The fourth-order valence-electron chi connectivity index (χ4n) is 3.93. The van der Waals surface area contributed by atoms with Gasteiger partial charge in [0.15, 0.2) is 0 Å². The van der Waals surface area contributed by atoms with Crippen LogP contribution < -0.4 is 4.90 Å². The van der Waals surface area contributed by atoms with Crippen molar-refractivity contribution < 1.29 is 0 Å². The van der Waals surface area contributed by atoms with E-state index in [-0.39, 0.29) is 0 Å². The van der Waals surface area contributed by atoms with Gasteiger partial charge in [0.05, 0.1) is 11.9 Å². The number of likely N-dealkylation sites (tertiary alicyclic amines) is 1. The Kier molecular flexibility index (Phi) is 3.96. The molecular weight excluding hydrogens is 258 g/mol. The topological polar surface area (TPSA) is 19.4 Å². The van der Waals surface area contributed by atoms with Crippen molar-refractivity contribution in [3.63, 3.8) is 0 Å². The maximum Gasteiger partial charge on any atom is 0.0552 e. The van der Waals surface area contributed by atoms with E-state index in [1.807, 2.05) is 18.5 Å². The van der Waals surface area contributed by atoms with Gasteiger partial charge in [0, 0.05) is 24.8 Å². The van der Waals surface area contributed by atoms with E-state index in [0.717, 1.165) is 0 Å². The van der Waals surface area contributed by atoms with Crippen molar-refractivity contribution in [1.82, 2.24) is 9.88 Å². The highest BCUT2D eigenvalue weighted by Crippen LogP contribution is 2.43. The van der Waals surface area contributed by atoms with E-state index in [0.29, 0.717) is 11.0 Å². The van der Waals surface area contributed by atoms with E-state index in [1.165, 1.54) is 57.5 Å². The van der Waals surface area contributed by atoms with Crippen molar-refractivity contribution >= 4 is 5.69 Å². The lowest BCUT2D eigenvalue weighted by atomic mass is 9.70. The summed E-state index contributed by atoms with van der Waals surface area (Å²) in [7, 11) is 0. The Morgan fingerprint density at radius 2 is 1.62 bits per heavy atom. The van der Waals surface area contributed by atoms with Gasteiger partial charge >= 0.3 is 0 Å². The summed E-state index contributed by atoms with van der Waals surface area (Å²) in [5.41, 5.74) is 2.23. The Morgan fingerprint density at radius 3 is 2.14 bits per heavy atom. The molecule has 0 aliphatic carbocycles. The average Bonchev–Trinajstić information content (AvgIpc) is 2.48. The largest absolute Gasteiger partial charge is 0.370 e. The predicted octanol–water partition coefficient (Wildman–Crippen LogP) is 3.56. The molecule has 21 heavy (non-hydrogen) atoms. The molecule has 1 aromatic rings. The molecule has 2 saturated heterocycles. The molecule has 0 amide bonds. The van der Waals surface area contributed by atoms with E-state index in [4.69, 9.17) is 0 Å². The second-order valence-electron chi connectivity index (χ2n) is 7.86. The van der Waals surface area contributed by atoms with Gasteiger partial charge in [-0.25, -0.2) is 0 Å². The molecule has 2 fully saturated rings. The molecular formula is C18H29N3. The van der Waals surface area contributed by atoms with Crippen molar-refractivity contribution in [3.05, 3.63) is 24.5 Å². The summed E-state index contributed by atoms with van der Waals surface area (Å²) in [5.74, 6) is 0. The third kappa shape index (κ3) is 3.23. The minimum absolute atomic E-state index is 0.331. The molecule has 0 bridgehead atoms. The van der Waals surface area contributed by atoms with Crippen LogP contribution >= 0.6 is 0 Å². The molecule has 3 nitrogen and oxygen atoms in total. The molecule has 0 radical (unpaired) electrons. The van der Waals surface area contributed by atoms with Gasteiger partial charge in [0.1, 0.15) is 0 Å². The Bertz CT molecular complexity index is 445. The summed E-state index contributed by atoms with van der Waals surface area (Å²) in [6.45, 7) is 12.0. The van der Waals surface area contributed by atoms with Crippen LogP contribution in [0.1, 0.15) is 46.5 Å². The number of hydrogen-bond acceptors (Lipinski definition) is 3. The molecule has 0 aromatic carbocycles. The van der Waals surface area contributed by atoms with Crippen LogP contribution in [0.15, 0.2) is 24.5 Å². The van der Waals surface area contributed by atoms with E-state index >= 15 is 0 Å². The van der Waals surface area contributed by atoms with Crippen LogP contribution in [0.3, 0.4) is 0 Å². The third-order valence-corrected chi connectivity index (χ3v) is 5.61. The molecule has 2 aliphatic heterocycles. The molecule has 0 unspecified atom stereocenters. The zero-order valence-electron chi connectivity index (χ0n) is 13.8. The summed E-state index contributed by atoms with van der Waals surface area (Å²) in [5, 5.41) is 0. The van der Waals surface area contributed by atoms with Crippen molar-refractivity contribution in [2.75, 3.05) is 31.1 Å². The van der Waals surface area contributed by atoms with Crippen molar-refractivity contribution in [1.29, 1.82) is 0 Å². The van der Waals surface area contributed by atoms with Crippen LogP contribution in [0.5, 0.6) is 0 Å². The fraction of sp³-hybridized carbons (Fsp3) is 0.722. The van der Waals surface area contributed by atoms with Crippen molar-refractivity contribution in [3.8, 4) is 0 Å². The highest BCUT2D eigenvalue weighted by molar-refractivity contribution is 5.44. The molecule has 2 aliphatic rings. The molecule has 0 atom stereocenters. The number of hydrogen-bond donors (Lipinski definition) is 0. The van der Waals surface area contributed by atoms with E-state index < -0.39 is 0 Å². The molecule has 3 heterocycles. The quantitative estimate of drug-likeness (QED) is 0.787. The minimum Gasteiger partial charge on any atom is -0.370 e. The maximum atomic E-state index is 4.25. The standard InChI is InChI=1S/C18H29N3/c1-17(2,3)21-13-8-18(9-14-21)6-11-20(12-7-18)16-5-4-10-19-15-16/h4-5,10,15H,6-9,11-14H2,1-3H3. The van der Waals surface area contributed by atoms with Crippen molar-refractivity contribution in [2.45, 2.75) is 52.0 Å². The smallest absolute Gasteiger partial charge is 0.0552 e. The monoisotopic (exact) mass is 287 g/mol. The Balaban J connectivity index is 1.57. The summed E-state index contributed by atoms with van der Waals surface area (Å²) >= 11 is 0. The van der Waals surface area contributed by atoms with Crippen LogP contribution in [0.2, 0.25) is 0 Å². The maximum absolute atomic E-state index is 4.25. The van der Waals surface area contributed by atoms with Crippen LogP contribution in [-0.4, -0.2) is 41.6 Å². The van der Waals surface area contributed by atoms with Gasteiger partial charge < -0.3 is 4.90 Å². The second-order valence-corrected chi connectivity index (χ2v) is 7.86. The number of rotatable bonds is 1. The van der Waals surface area contributed by atoms with E-state index in [9.17, 15) is 0 Å². The van der Waals surface area contributed by atoms with E-state index in [1.54, 1.807) is 0 Å². The number of aromatic nitrogens is 1. The first-order valence-corrected chi connectivity index (χ1v) is 8.39. The first-order chi connectivity index (χ1) is 9.99. The first-order valence-electron chi connectivity index (χ1n) is 8.39. The van der Waals surface area contributed by atoms with Gasteiger partial charge in [-0.3, -0.25) is 9.88 Å². The summed E-state index contributed by atoms with van der Waals surface area (Å²) in [6, 6.07) is 4.23. The molecule has 3 heteroatoms. The van der Waals surface area contributed by atoms with Gasteiger partial charge in [-0.1, -0.05) is 0 Å². The molecule has 3 rings (SSSR count). The summed E-state index contributed by atoms with van der Waals surface area (Å²) < 4.78 is 0. The third-order valence-electron chi connectivity index (χ3n) is 5.61.